The third-order valence-corrected chi connectivity index (χ3v) is 2.50. The van der Waals surface area contributed by atoms with E-state index in [1.165, 1.54) is 12.8 Å². The van der Waals surface area contributed by atoms with Crippen molar-refractivity contribution in [1.29, 1.82) is 0 Å². The number of aromatic nitrogens is 2. The van der Waals surface area contributed by atoms with E-state index >= 15 is 0 Å². The molecule has 82 valence electrons. The molecule has 1 aromatic rings. The van der Waals surface area contributed by atoms with Crippen LogP contribution in [0.25, 0.3) is 0 Å². The minimum absolute atomic E-state index is 0.633. The minimum atomic E-state index is 0.633. The van der Waals surface area contributed by atoms with Crippen molar-refractivity contribution in [1.82, 2.24) is 9.97 Å². The Kier molecular flexibility index (Phi) is 2.73. The Morgan fingerprint density at radius 1 is 1.40 bits per heavy atom. The average molecular weight is 208 g/mol. The zero-order valence-electron chi connectivity index (χ0n) is 9.08. The van der Waals surface area contributed by atoms with Gasteiger partial charge in [0.2, 0.25) is 5.88 Å². The number of hydrogen-bond acceptors (Lipinski definition) is 5. The minimum Gasteiger partial charge on any atom is -0.477 e. The van der Waals surface area contributed by atoms with Crippen molar-refractivity contribution in [2.24, 2.45) is 11.8 Å². The summed E-state index contributed by atoms with van der Waals surface area (Å²) in [7, 11) is 0. The van der Waals surface area contributed by atoms with Gasteiger partial charge in [-0.3, -0.25) is 0 Å². The molecule has 0 saturated heterocycles. The Hall–Kier alpha value is -1.36. The van der Waals surface area contributed by atoms with Crippen molar-refractivity contribution in [2.75, 3.05) is 12.0 Å². The molecule has 0 radical (unpaired) electrons. The summed E-state index contributed by atoms with van der Waals surface area (Å²) in [6.07, 6.45) is 2.54. The Morgan fingerprint density at radius 2 is 2.13 bits per heavy atom. The molecular formula is C10H16N4O. The number of rotatable bonds is 4. The molecule has 1 aliphatic carbocycles. The van der Waals surface area contributed by atoms with Gasteiger partial charge < -0.3 is 10.2 Å². The summed E-state index contributed by atoms with van der Waals surface area (Å²) in [4.78, 5) is 8.42. The highest BCUT2D eigenvalue weighted by Crippen LogP contribution is 2.30. The van der Waals surface area contributed by atoms with Crippen LogP contribution in [-0.2, 0) is 0 Å². The number of anilines is 1. The van der Waals surface area contributed by atoms with Gasteiger partial charge in [-0.15, -0.1) is 0 Å². The quantitative estimate of drug-likeness (QED) is 0.574. The molecule has 5 nitrogen and oxygen atoms in total. The molecule has 1 fully saturated rings. The molecule has 0 amide bonds. The molecule has 1 saturated carbocycles. The predicted octanol–water partition coefficient (Wildman–Crippen LogP) is 1.17. The molecule has 0 spiro atoms. The van der Waals surface area contributed by atoms with Gasteiger partial charge >= 0.3 is 0 Å². The molecule has 1 heterocycles. The van der Waals surface area contributed by atoms with E-state index in [1.807, 2.05) is 13.8 Å². The van der Waals surface area contributed by atoms with Crippen LogP contribution in [0.1, 0.15) is 24.2 Å². The van der Waals surface area contributed by atoms with Gasteiger partial charge in [-0.1, -0.05) is 0 Å². The number of hydrogen-bond donors (Lipinski definition) is 2. The summed E-state index contributed by atoms with van der Waals surface area (Å²) >= 11 is 0. The second-order valence-corrected chi connectivity index (χ2v) is 3.95. The number of nitrogens with two attached hydrogens (primary N) is 1. The van der Waals surface area contributed by atoms with E-state index in [4.69, 9.17) is 10.6 Å². The number of ether oxygens (including phenoxy) is 1. The standard InChI is InChI=1S/C10H16N4O/c1-6-9(14-11)12-7(2)13-10(6)15-5-8-3-4-8/h8H,3-5,11H2,1-2H3,(H,12,13,14). The highest BCUT2D eigenvalue weighted by atomic mass is 16.5. The first kappa shape index (κ1) is 10.2. The second kappa shape index (κ2) is 4.02. The van der Waals surface area contributed by atoms with Crippen LogP contribution >= 0.6 is 0 Å². The molecule has 0 aliphatic heterocycles. The van der Waals surface area contributed by atoms with E-state index in [2.05, 4.69) is 15.4 Å². The first-order chi connectivity index (χ1) is 7.20. The van der Waals surface area contributed by atoms with Gasteiger partial charge in [0.25, 0.3) is 0 Å². The molecule has 0 unspecified atom stereocenters. The fraction of sp³-hybridized carbons (Fsp3) is 0.600. The second-order valence-electron chi connectivity index (χ2n) is 3.95. The maximum absolute atomic E-state index is 5.64. The molecule has 0 bridgehead atoms. The molecule has 2 rings (SSSR count). The lowest BCUT2D eigenvalue weighted by molar-refractivity contribution is 0.285. The lowest BCUT2D eigenvalue weighted by atomic mass is 10.3. The van der Waals surface area contributed by atoms with Crippen molar-refractivity contribution in [2.45, 2.75) is 26.7 Å². The monoisotopic (exact) mass is 208 g/mol. The molecular weight excluding hydrogens is 192 g/mol. The number of nitrogens with one attached hydrogen (secondary N) is 1. The van der Waals surface area contributed by atoms with Crippen molar-refractivity contribution in [3.05, 3.63) is 11.4 Å². The largest absolute Gasteiger partial charge is 0.477 e. The topological polar surface area (TPSA) is 73.1 Å². The van der Waals surface area contributed by atoms with Gasteiger partial charge in [0.1, 0.15) is 11.6 Å². The summed E-state index contributed by atoms with van der Waals surface area (Å²) in [5.41, 5.74) is 3.41. The molecule has 0 atom stereocenters. The summed E-state index contributed by atoms with van der Waals surface area (Å²) in [6.45, 7) is 4.47. The summed E-state index contributed by atoms with van der Waals surface area (Å²) in [6, 6.07) is 0. The van der Waals surface area contributed by atoms with Gasteiger partial charge in [-0.25, -0.2) is 10.8 Å². The molecule has 3 N–H and O–H groups in total. The van der Waals surface area contributed by atoms with Crippen molar-refractivity contribution >= 4 is 5.82 Å². The molecule has 0 aromatic carbocycles. The van der Waals surface area contributed by atoms with Crippen LogP contribution in [-0.4, -0.2) is 16.6 Å². The number of nitrogens with zero attached hydrogens (tertiary/aromatic N) is 2. The van der Waals surface area contributed by atoms with Gasteiger partial charge in [-0.2, -0.15) is 4.98 Å². The fourth-order valence-electron chi connectivity index (χ4n) is 1.37. The van der Waals surface area contributed by atoms with E-state index in [9.17, 15) is 0 Å². The Morgan fingerprint density at radius 3 is 2.73 bits per heavy atom. The Balaban J connectivity index is 2.15. The fourth-order valence-corrected chi connectivity index (χ4v) is 1.37. The third-order valence-electron chi connectivity index (χ3n) is 2.50. The van der Waals surface area contributed by atoms with Crippen LogP contribution in [0, 0.1) is 19.8 Å². The van der Waals surface area contributed by atoms with Gasteiger partial charge in [0.15, 0.2) is 0 Å². The Bertz CT molecular complexity index is 363. The maximum atomic E-state index is 5.64. The van der Waals surface area contributed by atoms with Gasteiger partial charge in [0.05, 0.1) is 12.2 Å². The lowest BCUT2D eigenvalue weighted by Gasteiger charge is -2.11. The van der Waals surface area contributed by atoms with Crippen LogP contribution in [0.2, 0.25) is 0 Å². The number of nitrogen functional groups attached to an aromatic ring is 1. The van der Waals surface area contributed by atoms with E-state index in [0.717, 1.165) is 12.2 Å². The molecule has 5 heteroatoms. The van der Waals surface area contributed by atoms with Crippen molar-refractivity contribution < 1.29 is 4.74 Å². The summed E-state index contributed by atoms with van der Waals surface area (Å²) in [5, 5.41) is 0. The first-order valence-corrected chi connectivity index (χ1v) is 5.15. The van der Waals surface area contributed by atoms with E-state index in [0.29, 0.717) is 23.4 Å². The van der Waals surface area contributed by atoms with Crippen LogP contribution in [0.15, 0.2) is 0 Å². The zero-order valence-corrected chi connectivity index (χ0v) is 9.08. The molecule has 1 aromatic heterocycles. The van der Waals surface area contributed by atoms with Gasteiger partial charge in [-0.05, 0) is 32.6 Å². The highest BCUT2D eigenvalue weighted by molar-refractivity contribution is 5.47. The normalized spacial score (nSPS) is 15.1. The van der Waals surface area contributed by atoms with Crippen molar-refractivity contribution in [3.8, 4) is 5.88 Å². The van der Waals surface area contributed by atoms with Crippen LogP contribution < -0.4 is 16.0 Å². The zero-order chi connectivity index (χ0) is 10.8. The Labute approximate surface area is 89.0 Å². The molecule has 15 heavy (non-hydrogen) atoms. The number of hydrazine groups is 1. The SMILES string of the molecule is Cc1nc(NN)c(C)c(OCC2CC2)n1. The maximum Gasteiger partial charge on any atom is 0.221 e. The lowest BCUT2D eigenvalue weighted by Crippen LogP contribution is -2.13. The third kappa shape index (κ3) is 2.36. The number of aryl methyl sites for hydroxylation is 1. The highest BCUT2D eigenvalue weighted by Gasteiger charge is 2.22. The van der Waals surface area contributed by atoms with Crippen molar-refractivity contribution in [3.63, 3.8) is 0 Å². The average Bonchev–Trinajstić information content (AvgIpc) is 3.02. The first-order valence-electron chi connectivity index (χ1n) is 5.15. The summed E-state index contributed by atoms with van der Waals surface area (Å²) < 4.78 is 5.64. The predicted molar refractivity (Wildman–Crippen MR) is 57.5 cm³/mol. The van der Waals surface area contributed by atoms with E-state index in [1.54, 1.807) is 0 Å². The summed E-state index contributed by atoms with van der Waals surface area (Å²) in [5.74, 6) is 8.02. The van der Waals surface area contributed by atoms with Gasteiger partial charge in [0, 0.05) is 0 Å². The molecule has 1 aliphatic rings. The van der Waals surface area contributed by atoms with E-state index < -0.39 is 0 Å². The smallest absolute Gasteiger partial charge is 0.221 e. The van der Waals surface area contributed by atoms with Crippen LogP contribution in [0.3, 0.4) is 0 Å². The van der Waals surface area contributed by atoms with E-state index in [-0.39, 0.29) is 0 Å². The van der Waals surface area contributed by atoms with Crippen LogP contribution in [0.4, 0.5) is 5.82 Å². The van der Waals surface area contributed by atoms with Crippen LogP contribution in [0.5, 0.6) is 5.88 Å².